The predicted octanol–water partition coefficient (Wildman–Crippen LogP) is 6.48. The molecule has 1 aliphatic heterocycles. The maximum atomic E-state index is 12.1. The molecule has 0 aliphatic carbocycles. The molecule has 1 fully saturated rings. The summed E-state index contributed by atoms with van der Waals surface area (Å²) >= 11 is 15.9. The number of aliphatic hydroxyl groups is 1. The van der Waals surface area contributed by atoms with Gasteiger partial charge in [0.25, 0.3) is 0 Å². The minimum absolute atomic E-state index is 0.0395. The summed E-state index contributed by atoms with van der Waals surface area (Å²) in [6, 6.07) is 29.1. The van der Waals surface area contributed by atoms with Crippen LogP contribution in [0.1, 0.15) is 22.4 Å². The van der Waals surface area contributed by atoms with Crippen LogP contribution >= 0.6 is 39.1 Å². The first-order valence-corrected chi connectivity index (χ1v) is 14.2. The first kappa shape index (κ1) is 29.1. The molecular formula is C30H27BrCl2N2O5. The van der Waals surface area contributed by atoms with Crippen molar-refractivity contribution in [3.05, 3.63) is 128 Å². The van der Waals surface area contributed by atoms with E-state index in [0.717, 1.165) is 16.7 Å². The fraction of sp³-hybridized carbons (Fsp3) is 0.267. The second-order valence-corrected chi connectivity index (χ2v) is 10.7. The first-order valence-electron chi connectivity index (χ1n) is 12.7. The van der Waals surface area contributed by atoms with Crippen LogP contribution in [0, 0.1) is 0 Å². The van der Waals surface area contributed by atoms with Crippen LogP contribution in [0.15, 0.2) is 95.6 Å². The Morgan fingerprint density at radius 2 is 1.27 bits per heavy atom. The zero-order valence-corrected chi connectivity index (χ0v) is 24.4. The van der Waals surface area contributed by atoms with E-state index in [1.807, 2.05) is 91.0 Å². The monoisotopic (exact) mass is 644 g/mol. The van der Waals surface area contributed by atoms with Crippen molar-refractivity contribution in [3.63, 3.8) is 0 Å². The van der Waals surface area contributed by atoms with Gasteiger partial charge in [0.05, 0.1) is 26.4 Å². The van der Waals surface area contributed by atoms with Crippen LogP contribution in [-0.4, -0.2) is 40.0 Å². The molecule has 0 bridgehead atoms. The molecular weight excluding hydrogens is 619 g/mol. The van der Waals surface area contributed by atoms with E-state index in [0.29, 0.717) is 6.61 Å². The van der Waals surface area contributed by atoms with Crippen molar-refractivity contribution in [2.24, 2.45) is 0 Å². The molecule has 0 radical (unpaired) electrons. The van der Waals surface area contributed by atoms with Crippen molar-refractivity contribution in [3.8, 4) is 0 Å². The van der Waals surface area contributed by atoms with E-state index in [2.05, 4.69) is 25.9 Å². The summed E-state index contributed by atoms with van der Waals surface area (Å²) in [7, 11) is 0. The van der Waals surface area contributed by atoms with E-state index >= 15 is 0 Å². The molecule has 4 atom stereocenters. The minimum Gasteiger partial charge on any atom is -0.374 e. The van der Waals surface area contributed by atoms with Gasteiger partial charge >= 0.3 is 0 Å². The molecule has 4 aromatic rings. The van der Waals surface area contributed by atoms with E-state index in [1.54, 1.807) is 0 Å². The first-order chi connectivity index (χ1) is 19.4. The zero-order chi connectivity index (χ0) is 28.0. The molecule has 0 amide bonds. The van der Waals surface area contributed by atoms with Crippen LogP contribution in [0.4, 0.5) is 0 Å². The Labute approximate surface area is 251 Å². The molecule has 1 unspecified atom stereocenters. The maximum Gasteiger partial charge on any atom is 0.243 e. The normalized spacial score (nSPS) is 22.4. The van der Waals surface area contributed by atoms with E-state index in [1.165, 1.54) is 0 Å². The predicted molar refractivity (Wildman–Crippen MR) is 155 cm³/mol. The van der Waals surface area contributed by atoms with Gasteiger partial charge in [0.1, 0.15) is 28.6 Å². The van der Waals surface area contributed by atoms with Crippen LogP contribution in [0.25, 0.3) is 0 Å². The van der Waals surface area contributed by atoms with Gasteiger partial charge in [-0.25, -0.2) is 9.97 Å². The van der Waals surface area contributed by atoms with Crippen LogP contribution in [0.3, 0.4) is 0 Å². The van der Waals surface area contributed by atoms with Crippen LogP contribution in [0.5, 0.6) is 0 Å². The molecule has 3 aromatic carbocycles. The van der Waals surface area contributed by atoms with E-state index in [4.69, 9.17) is 42.1 Å². The lowest BCUT2D eigenvalue weighted by atomic mass is 10.0. The van der Waals surface area contributed by atoms with E-state index in [9.17, 15) is 5.11 Å². The quantitative estimate of drug-likeness (QED) is 0.200. The number of rotatable bonds is 11. The number of hydrogen-bond donors (Lipinski definition) is 1. The molecule has 40 heavy (non-hydrogen) atoms. The van der Waals surface area contributed by atoms with Crippen molar-refractivity contribution in [1.29, 1.82) is 0 Å². The van der Waals surface area contributed by atoms with Crippen molar-refractivity contribution < 1.29 is 24.1 Å². The Balaban J connectivity index is 1.46. The standard InChI is InChI=1S/C30H27BrCl2N2O5/c31-27-29(33)35-28(32)25(34-27)30(36)26(39-18-22-14-8-3-9-15-22)24(38-17-21-12-6-2-7-13-21)23(40-30)19-37-16-20-10-4-1-5-11-20/h1-15,23-24,26,36H,16-19H2/t23-,24-,26-,30?/m1/s1. The van der Waals surface area contributed by atoms with Crippen LogP contribution in [0.2, 0.25) is 10.3 Å². The fourth-order valence-electron chi connectivity index (χ4n) is 4.50. The van der Waals surface area contributed by atoms with Crippen molar-refractivity contribution in [2.45, 2.75) is 43.9 Å². The zero-order valence-electron chi connectivity index (χ0n) is 21.3. The summed E-state index contributed by atoms with van der Waals surface area (Å²) in [5.41, 5.74) is 2.83. The molecule has 2 heterocycles. The van der Waals surface area contributed by atoms with Crippen molar-refractivity contribution in [1.82, 2.24) is 9.97 Å². The number of hydrogen-bond acceptors (Lipinski definition) is 7. The molecule has 0 spiro atoms. The highest BCUT2D eigenvalue weighted by Crippen LogP contribution is 2.44. The van der Waals surface area contributed by atoms with Gasteiger partial charge in [-0.05, 0) is 32.6 Å². The summed E-state index contributed by atoms with van der Waals surface area (Å²) in [6.45, 7) is 0.906. The Kier molecular flexibility index (Phi) is 9.83. The van der Waals surface area contributed by atoms with Gasteiger partial charge in [0, 0.05) is 0 Å². The fourth-order valence-corrected chi connectivity index (χ4v) is 5.20. The minimum atomic E-state index is -2.12. The molecule has 208 valence electrons. The molecule has 1 aromatic heterocycles. The summed E-state index contributed by atoms with van der Waals surface area (Å²) in [6.07, 6.45) is -2.52. The summed E-state index contributed by atoms with van der Waals surface area (Å²) in [4.78, 5) is 8.50. The highest BCUT2D eigenvalue weighted by Gasteiger charge is 2.59. The number of halogens is 3. The van der Waals surface area contributed by atoms with Gasteiger partial charge in [-0.3, -0.25) is 0 Å². The van der Waals surface area contributed by atoms with Gasteiger partial charge in [-0.15, -0.1) is 0 Å². The Hall–Kier alpha value is -2.40. The highest BCUT2D eigenvalue weighted by atomic mass is 79.9. The van der Waals surface area contributed by atoms with Gasteiger partial charge < -0.3 is 24.1 Å². The Morgan fingerprint density at radius 3 is 1.85 bits per heavy atom. The average molecular weight is 646 g/mol. The largest absolute Gasteiger partial charge is 0.374 e. The van der Waals surface area contributed by atoms with Gasteiger partial charge in [-0.2, -0.15) is 0 Å². The topological polar surface area (TPSA) is 82.9 Å². The lowest BCUT2D eigenvalue weighted by Gasteiger charge is -2.30. The molecule has 7 nitrogen and oxygen atoms in total. The molecule has 1 saturated heterocycles. The highest BCUT2D eigenvalue weighted by molar-refractivity contribution is 9.10. The Bertz CT molecular complexity index is 1390. The summed E-state index contributed by atoms with van der Waals surface area (Å²) in [5, 5.41) is 12.1. The van der Waals surface area contributed by atoms with E-state index in [-0.39, 0.29) is 40.4 Å². The van der Waals surface area contributed by atoms with Crippen molar-refractivity contribution in [2.75, 3.05) is 6.61 Å². The summed E-state index contributed by atoms with van der Waals surface area (Å²) in [5.74, 6) is -2.12. The smallest absolute Gasteiger partial charge is 0.243 e. The van der Waals surface area contributed by atoms with Crippen LogP contribution < -0.4 is 0 Å². The van der Waals surface area contributed by atoms with Crippen molar-refractivity contribution >= 4 is 39.1 Å². The van der Waals surface area contributed by atoms with Gasteiger partial charge in [0.2, 0.25) is 5.79 Å². The molecule has 0 saturated carbocycles. The summed E-state index contributed by atoms with van der Waals surface area (Å²) < 4.78 is 25.3. The molecule has 5 rings (SSSR count). The number of benzene rings is 3. The Morgan fingerprint density at radius 1 is 0.750 bits per heavy atom. The van der Waals surface area contributed by atoms with E-state index < -0.39 is 24.1 Å². The molecule has 1 N–H and O–H groups in total. The second-order valence-electron chi connectivity index (χ2n) is 9.28. The number of nitrogens with zero attached hydrogens (tertiary/aromatic N) is 2. The second kappa shape index (κ2) is 13.5. The maximum absolute atomic E-state index is 12.1. The van der Waals surface area contributed by atoms with Crippen LogP contribution in [-0.2, 0) is 44.6 Å². The molecule has 10 heteroatoms. The third kappa shape index (κ3) is 6.90. The van der Waals surface area contributed by atoms with Gasteiger partial charge in [0.15, 0.2) is 10.3 Å². The number of ether oxygens (including phenoxy) is 4. The SMILES string of the molecule is OC1(c2nc(Br)c(Cl)nc2Cl)O[C@H](COCc2ccccc2)[C@@H](OCc2ccccc2)[C@H]1OCc1ccccc1. The third-order valence-electron chi connectivity index (χ3n) is 6.44. The number of aromatic nitrogens is 2. The molecule has 1 aliphatic rings. The lowest BCUT2D eigenvalue weighted by molar-refractivity contribution is -0.255. The van der Waals surface area contributed by atoms with Gasteiger partial charge in [-0.1, -0.05) is 114 Å². The average Bonchev–Trinajstić information content (AvgIpc) is 3.25. The lowest BCUT2D eigenvalue weighted by Crippen LogP contribution is -2.45. The third-order valence-corrected chi connectivity index (χ3v) is 7.75.